The zero-order valence-corrected chi connectivity index (χ0v) is 36.9. The molecule has 0 saturated heterocycles. The molecule has 0 atom stereocenters. The van der Waals surface area contributed by atoms with Crippen LogP contribution >= 0.6 is 0 Å². The highest BCUT2D eigenvalue weighted by atomic mass is 16.3. The third-order valence-corrected chi connectivity index (χ3v) is 12.5. The fourth-order valence-corrected chi connectivity index (χ4v) is 9.31. The average molecular weight is 887 g/mol. The van der Waals surface area contributed by atoms with Gasteiger partial charge in [-0.3, -0.25) is 19.4 Å². The lowest BCUT2D eigenvalue weighted by Crippen LogP contribution is -2.12. The van der Waals surface area contributed by atoms with Crippen molar-refractivity contribution in [2.45, 2.75) is 0 Å². The monoisotopic (exact) mass is 886 g/mol. The molecular formula is C60H38N8O. The van der Waals surface area contributed by atoms with Crippen LogP contribution in [0.25, 0.3) is 106 Å². The van der Waals surface area contributed by atoms with Crippen molar-refractivity contribution in [2.75, 3.05) is 4.90 Å². The summed E-state index contributed by atoms with van der Waals surface area (Å²) in [6.45, 7) is 0. The highest BCUT2D eigenvalue weighted by molar-refractivity contribution is 6.17. The molecule has 13 rings (SSSR count). The van der Waals surface area contributed by atoms with Crippen molar-refractivity contribution < 1.29 is 4.42 Å². The standard InChI is InChI=1S/C60H38N8O/c1-3-16-39(17-4-1)58-64-59(40-18-5-2-6-19-40)66-60(65-58)68-53-28-8-7-24-46(53)47-37-49-48-36-43(30-31-55(48)69-56(49)38-54(47)68)52-27-15-29-57(63-52)67(44-22-13-20-41(34-44)50-25-9-11-32-61-50)45-23-14-21-42(35-45)51-26-10-12-33-62-51/h1-38H. The summed E-state index contributed by atoms with van der Waals surface area (Å²) in [6, 6.07) is 74.2. The average Bonchev–Trinajstić information content (AvgIpc) is 3.95. The first-order valence-corrected chi connectivity index (χ1v) is 22.8. The van der Waals surface area contributed by atoms with Gasteiger partial charge in [-0.1, -0.05) is 121 Å². The van der Waals surface area contributed by atoms with Gasteiger partial charge in [-0.2, -0.15) is 9.97 Å². The van der Waals surface area contributed by atoms with Crippen LogP contribution in [0.2, 0.25) is 0 Å². The van der Waals surface area contributed by atoms with Crippen LogP contribution in [0, 0.1) is 0 Å². The number of benzene rings is 7. The molecule has 0 radical (unpaired) electrons. The van der Waals surface area contributed by atoms with E-state index in [0.717, 1.165) is 106 Å². The normalized spacial score (nSPS) is 11.5. The van der Waals surface area contributed by atoms with Gasteiger partial charge in [0.1, 0.15) is 17.0 Å². The lowest BCUT2D eigenvalue weighted by Gasteiger charge is -2.26. The lowest BCUT2D eigenvalue weighted by molar-refractivity contribution is 0.669. The topological polar surface area (TPSA) is 98.7 Å². The second-order valence-electron chi connectivity index (χ2n) is 16.8. The van der Waals surface area contributed by atoms with Crippen molar-refractivity contribution in [2.24, 2.45) is 0 Å². The molecular weight excluding hydrogens is 849 g/mol. The minimum Gasteiger partial charge on any atom is -0.456 e. The molecule has 13 aromatic rings. The van der Waals surface area contributed by atoms with E-state index in [-0.39, 0.29) is 0 Å². The SMILES string of the molecule is c1ccc(-c2nc(-c3ccccc3)nc(-n3c4ccccc4c4cc5c(cc43)oc3ccc(-c4cccc(N(c6cccc(-c7ccccn7)c6)c6cccc(-c7ccccn7)c6)n4)cc35)n2)cc1. The van der Waals surface area contributed by atoms with Crippen molar-refractivity contribution in [1.82, 2.24) is 34.5 Å². The van der Waals surface area contributed by atoms with Crippen molar-refractivity contribution in [3.8, 4) is 62.5 Å². The van der Waals surface area contributed by atoms with E-state index in [4.69, 9.17) is 24.4 Å². The predicted molar refractivity (Wildman–Crippen MR) is 277 cm³/mol. The van der Waals surface area contributed by atoms with Crippen LogP contribution in [0.5, 0.6) is 0 Å². The third-order valence-electron chi connectivity index (χ3n) is 12.5. The largest absolute Gasteiger partial charge is 0.456 e. The Balaban J connectivity index is 0.944. The van der Waals surface area contributed by atoms with Gasteiger partial charge in [-0.25, -0.2) is 9.97 Å². The summed E-state index contributed by atoms with van der Waals surface area (Å²) in [5, 5.41) is 4.14. The Morgan fingerprint density at radius 2 is 0.913 bits per heavy atom. The van der Waals surface area contributed by atoms with Crippen molar-refractivity contribution in [1.29, 1.82) is 0 Å². The first-order chi connectivity index (χ1) is 34.2. The Morgan fingerprint density at radius 3 is 1.57 bits per heavy atom. The number of rotatable bonds is 9. The number of aromatic nitrogens is 7. The second-order valence-corrected chi connectivity index (χ2v) is 16.8. The number of hydrogen-bond acceptors (Lipinski definition) is 8. The molecule has 0 fully saturated rings. The van der Waals surface area contributed by atoms with Gasteiger partial charge in [0, 0.05) is 79.2 Å². The summed E-state index contributed by atoms with van der Waals surface area (Å²) in [6.07, 6.45) is 3.64. The molecule has 7 aromatic carbocycles. The lowest BCUT2D eigenvalue weighted by atomic mass is 10.0. The maximum atomic E-state index is 6.69. The molecule has 0 unspecified atom stereocenters. The molecule has 0 N–H and O–H groups in total. The minimum atomic E-state index is 0.526. The number of anilines is 3. The number of nitrogens with zero attached hydrogens (tertiary/aromatic N) is 8. The first-order valence-electron chi connectivity index (χ1n) is 22.8. The van der Waals surface area contributed by atoms with Gasteiger partial charge in [0.2, 0.25) is 5.95 Å². The maximum absolute atomic E-state index is 6.69. The van der Waals surface area contributed by atoms with Gasteiger partial charge < -0.3 is 4.42 Å². The summed E-state index contributed by atoms with van der Waals surface area (Å²) in [4.78, 5) is 32.1. The number of hydrogen-bond donors (Lipinski definition) is 0. The summed E-state index contributed by atoms with van der Waals surface area (Å²) in [5.41, 5.74) is 12.8. The van der Waals surface area contributed by atoms with Crippen LogP contribution in [0.3, 0.4) is 0 Å². The Hall–Kier alpha value is -9.60. The van der Waals surface area contributed by atoms with Gasteiger partial charge in [0.05, 0.1) is 28.1 Å². The van der Waals surface area contributed by atoms with Gasteiger partial charge in [-0.05, 0) is 91.0 Å². The molecule has 9 nitrogen and oxygen atoms in total. The number of pyridine rings is 3. The zero-order chi connectivity index (χ0) is 45.7. The van der Waals surface area contributed by atoms with Crippen molar-refractivity contribution in [3.63, 3.8) is 0 Å². The molecule has 0 spiro atoms. The molecule has 0 aliphatic carbocycles. The molecule has 6 aromatic heterocycles. The fraction of sp³-hybridized carbons (Fsp3) is 0. The van der Waals surface area contributed by atoms with E-state index < -0.39 is 0 Å². The van der Waals surface area contributed by atoms with Crippen LogP contribution in [0.15, 0.2) is 235 Å². The van der Waals surface area contributed by atoms with E-state index in [2.05, 4.69) is 135 Å². The Morgan fingerprint density at radius 1 is 0.348 bits per heavy atom. The fourth-order valence-electron chi connectivity index (χ4n) is 9.31. The Kier molecular flexibility index (Phi) is 9.61. The number of furan rings is 1. The molecule has 0 amide bonds. The molecule has 0 aliphatic heterocycles. The zero-order valence-electron chi connectivity index (χ0n) is 36.9. The van der Waals surface area contributed by atoms with Gasteiger partial charge >= 0.3 is 0 Å². The second kappa shape index (κ2) is 16.7. The van der Waals surface area contributed by atoms with E-state index in [1.165, 1.54) is 0 Å². The van der Waals surface area contributed by atoms with E-state index in [0.29, 0.717) is 17.6 Å². The maximum Gasteiger partial charge on any atom is 0.238 e. The van der Waals surface area contributed by atoms with Crippen LogP contribution < -0.4 is 4.90 Å². The molecule has 69 heavy (non-hydrogen) atoms. The molecule has 0 aliphatic rings. The van der Waals surface area contributed by atoms with Gasteiger partial charge in [-0.15, -0.1) is 0 Å². The summed E-state index contributed by atoms with van der Waals surface area (Å²) < 4.78 is 8.82. The van der Waals surface area contributed by atoms with Gasteiger partial charge in [0.25, 0.3) is 0 Å². The van der Waals surface area contributed by atoms with E-state index >= 15 is 0 Å². The van der Waals surface area contributed by atoms with E-state index in [1.807, 2.05) is 116 Å². The summed E-state index contributed by atoms with van der Waals surface area (Å²) >= 11 is 0. The first kappa shape index (κ1) is 39.7. The third kappa shape index (κ3) is 7.22. The molecule has 0 saturated carbocycles. The van der Waals surface area contributed by atoms with Gasteiger partial charge in [0.15, 0.2) is 11.6 Å². The number of para-hydroxylation sites is 1. The van der Waals surface area contributed by atoms with Crippen LogP contribution in [0.1, 0.15) is 0 Å². The highest BCUT2D eigenvalue weighted by Gasteiger charge is 2.22. The van der Waals surface area contributed by atoms with Crippen LogP contribution in [0.4, 0.5) is 17.2 Å². The number of fused-ring (bicyclic) bond motifs is 6. The Bertz CT molecular complexity index is 3880. The van der Waals surface area contributed by atoms with Crippen LogP contribution in [-0.2, 0) is 0 Å². The van der Waals surface area contributed by atoms with E-state index in [1.54, 1.807) is 0 Å². The molecule has 324 valence electrons. The van der Waals surface area contributed by atoms with E-state index in [9.17, 15) is 0 Å². The molecule has 9 heteroatoms. The highest BCUT2D eigenvalue weighted by Crippen LogP contribution is 2.41. The molecule has 0 bridgehead atoms. The quantitative estimate of drug-likeness (QED) is 0.141. The summed E-state index contributed by atoms with van der Waals surface area (Å²) in [7, 11) is 0. The summed E-state index contributed by atoms with van der Waals surface area (Å²) in [5.74, 6) is 2.48. The van der Waals surface area contributed by atoms with Crippen molar-refractivity contribution >= 4 is 60.9 Å². The Labute approximate surface area is 396 Å². The molecule has 6 heterocycles. The van der Waals surface area contributed by atoms with Crippen molar-refractivity contribution in [3.05, 3.63) is 231 Å². The predicted octanol–water partition coefficient (Wildman–Crippen LogP) is 14.9. The minimum absolute atomic E-state index is 0.526. The van der Waals surface area contributed by atoms with Crippen LogP contribution in [-0.4, -0.2) is 34.5 Å². The smallest absolute Gasteiger partial charge is 0.238 e.